The molecule has 0 fully saturated rings. The van der Waals surface area contributed by atoms with Crippen molar-refractivity contribution in [1.29, 1.82) is 0 Å². The first-order valence-corrected chi connectivity index (χ1v) is 10.7. The van der Waals surface area contributed by atoms with Crippen molar-refractivity contribution in [3.05, 3.63) is 88.8 Å². The van der Waals surface area contributed by atoms with Gasteiger partial charge in [-0.3, -0.25) is 14.4 Å². The number of ether oxygens (including phenoxy) is 2. The third kappa shape index (κ3) is 4.67. The molecule has 3 amide bonds. The predicted molar refractivity (Wildman–Crippen MR) is 129 cm³/mol. The van der Waals surface area contributed by atoms with Crippen molar-refractivity contribution in [2.75, 3.05) is 29.8 Å². The zero-order chi connectivity index (χ0) is 25.1. The lowest BCUT2D eigenvalue weighted by Gasteiger charge is -2.16. The van der Waals surface area contributed by atoms with E-state index in [1.54, 1.807) is 36.4 Å². The fourth-order valence-corrected chi connectivity index (χ4v) is 3.66. The molecule has 2 N–H and O–H groups in total. The minimum Gasteiger partial charge on any atom is -0.497 e. The maximum Gasteiger partial charge on any atom is 0.283 e. The Morgan fingerprint density at radius 2 is 1.71 bits per heavy atom. The van der Waals surface area contributed by atoms with Gasteiger partial charge < -0.3 is 20.1 Å². The number of hydrogen-bond acceptors (Lipinski definition) is 6. The molecular weight excluding hydrogens is 477 g/mol. The summed E-state index contributed by atoms with van der Waals surface area (Å²) in [5.41, 5.74) is 0.530. The Morgan fingerprint density at radius 3 is 2.43 bits per heavy atom. The van der Waals surface area contributed by atoms with E-state index in [1.807, 2.05) is 0 Å². The molecule has 8 nitrogen and oxygen atoms in total. The van der Waals surface area contributed by atoms with Crippen LogP contribution in [-0.2, 0) is 9.59 Å². The molecule has 35 heavy (non-hydrogen) atoms. The lowest BCUT2D eigenvalue weighted by molar-refractivity contribution is -0.120. The number of para-hydroxylation sites is 1. The number of nitrogens with one attached hydrogen (secondary N) is 2. The second kappa shape index (κ2) is 9.86. The summed E-state index contributed by atoms with van der Waals surface area (Å²) < 4.78 is 24.7. The number of imide groups is 1. The molecule has 0 saturated heterocycles. The molecule has 3 aromatic carbocycles. The Morgan fingerprint density at radius 1 is 0.943 bits per heavy atom. The number of benzene rings is 3. The molecule has 0 saturated carbocycles. The van der Waals surface area contributed by atoms with Crippen LogP contribution < -0.4 is 25.0 Å². The third-order valence-corrected chi connectivity index (χ3v) is 5.52. The molecule has 0 aromatic heterocycles. The van der Waals surface area contributed by atoms with E-state index >= 15 is 0 Å². The van der Waals surface area contributed by atoms with Gasteiger partial charge in [0.15, 0.2) is 0 Å². The van der Waals surface area contributed by atoms with Crippen LogP contribution in [0.15, 0.2) is 77.5 Å². The Hall–Kier alpha value is -4.37. The maximum atomic E-state index is 14.2. The molecule has 1 heterocycles. The Labute approximate surface area is 204 Å². The molecular formula is C25H19ClFN3O5. The highest BCUT2D eigenvalue weighted by molar-refractivity contribution is 6.53. The molecule has 0 unspecified atom stereocenters. The fraction of sp³-hybridized carbons (Fsp3) is 0.0800. The SMILES string of the molecule is COc1ccc(OC)c(NC(=O)c2cccc(NC3=C(Cl)C(=O)N(c4ccccc4F)C3=O)c2)c1. The van der Waals surface area contributed by atoms with Crippen LogP contribution in [0.25, 0.3) is 0 Å². The summed E-state index contributed by atoms with van der Waals surface area (Å²) in [6.07, 6.45) is 0. The number of carbonyl (C=O) groups is 3. The number of rotatable bonds is 7. The molecule has 10 heteroatoms. The standard InChI is InChI=1S/C25H19ClFN3O5/c1-34-16-10-11-20(35-2)18(13-16)29-23(31)14-6-5-7-15(12-14)28-22-21(26)24(32)30(25(22)33)19-9-4-3-8-17(19)27/h3-13,28H,1-2H3,(H,29,31). The molecule has 0 spiro atoms. The third-order valence-electron chi connectivity index (χ3n) is 5.17. The second-order valence-corrected chi connectivity index (χ2v) is 7.69. The summed E-state index contributed by atoms with van der Waals surface area (Å²) in [5, 5.41) is 5.14. The Balaban J connectivity index is 1.56. The Kier molecular flexibility index (Phi) is 6.70. The van der Waals surface area contributed by atoms with Crippen LogP contribution in [0, 0.1) is 5.82 Å². The van der Waals surface area contributed by atoms with Gasteiger partial charge in [-0.15, -0.1) is 0 Å². The largest absolute Gasteiger partial charge is 0.497 e. The monoisotopic (exact) mass is 495 g/mol. The predicted octanol–water partition coefficient (Wildman–Crippen LogP) is 4.53. The number of nitrogens with zero attached hydrogens (tertiary/aromatic N) is 1. The molecule has 0 aliphatic carbocycles. The van der Waals surface area contributed by atoms with Crippen LogP contribution in [0.4, 0.5) is 21.5 Å². The molecule has 1 aliphatic heterocycles. The molecule has 3 aromatic rings. The van der Waals surface area contributed by atoms with Gasteiger partial charge in [-0.05, 0) is 42.5 Å². The van der Waals surface area contributed by atoms with E-state index in [2.05, 4.69) is 10.6 Å². The fourth-order valence-electron chi connectivity index (χ4n) is 3.45. The van der Waals surface area contributed by atoms with E-state index in [4.69, 9.17) is 21.1 Å². The van der Waals surface area contributed by atoms with E-state index in [0.717, 1.165) is 6.07 Å². The van der Waals surface area contributed by atoms with Crippen LogP contribution in [-0.4, -0.2) is 31.9 Å². The second-order valence-electron chi connectivity index (χ2n) is 7.31. The minimum atomic E-state index is -0.858. The van der Waals surface area contributed by atoms with Crippen molar-refractivity contribution >= 4 is 46.4 Å². The van der Waals surface area contributed by atoms with Crippen molar-refractivity contribution in [2.45, 2.75) is 0 Å². The van der Waals surface area contributed by atoms with E-state index in [-0.39, 0.29) is 16.9 Å². The summed E-state index contributed by atoms with van der Waals surface area (Å²) >= 11 is 6.12. The maximum absolute atomic E-state index is 14.2. The number of amides is 3. The number of hydrogen-bond donors (Lipinski definition) is 2. The van der Waals surface area contributed by atoms with Crippen molar-refractivity contribution in [3.8, 4) is 11.5 Å². The van der Waals surface area contributed by atoms with Gasteiger partial charge in [0.05, 0.1) is 25.6 Å². The molecule has 0 bridgehead atoms. The molecule has 178 valence electrons. The summed E-state index contributed by atoms with van der Waals surface area (Å²) in [6, 6.07) is 16.6. The van der Waals surface area contributed by atoms with Crippen LogP contribution in [0.5, 0.6) is 11.5 Å². The average molecular weight is 496 g/mol. The quantitative estimate of drug-likeness (QED) is 0.467. The number of halogens is 2. The van der Waals surface area contributed by atoms with Gasteiger partial charge in [0.1, 0.15) is 28.0 Å². The Bertz CT molecular complexity index is 1370. The molecule has 1 aliphatic rings. The van der Waals surface area contributed by atoms with E-state index in [0.29, 0.717) is 27.8 Å². The minimum absolute atomic E-state index is 0.210. The molecule has 0 atom stereocenters. The highest BCUT2D eigenvalue weighted by Crippen LogP contribution is 2.32. The van der Waals surface area contributed by atoms with Gasteiger partial charge in [0.2, 0.25) is 0 Å². The van der Waals surface area contributed by atoms with Gasteiger partial charge >= 0.3 is 0 Å². The van der Waals surface area contributed by atoms with Gasteiger partial charge in [-0.25, -0.2) is 9.29 Å². The first kappa shape index (κ1) is 23.8. The van der Waals surface area contributed by atoms with Crippen molar-refractivity contribution in [2.24, 2.45) is 0 Å². The normalized spacial score (nSPS) is 13.2. The highest BCUT2D eigenvalue weighted by Gasteiger charge is 2.40. The summed E-state index contributed by atoms with van der Waals surface area (Å²) in [6.45, 7) is 0. The van der Waals surface area contributed by atoms with Crippen molar-refractivity contribution in [3.63, 3.8) is 0 Å². The molecule has 4 rings (SSSR count). The zero-order valence-corrected chi connectivity index (χ0v) is 19.4. The zero-order valence-electron chi connectivity index (χ0n) is 18.6. The summed E-state index contributed by atoms with van der Waals surface area (Å²) in [5.74, 6) is -1.91. The smallest absolute Gasteiger partial charge is 0.283 e. The van der Waals surface area contributed by atoms with Crippen LogP contribution in [0.3, 0.4) is 0 Å². The number of methoxy groups -OCH3 is 2. The number of anilines is 3. The topological polar surface area (TPSA) is 97.0 Å². The van der Waals surface area contributed by atoms with Crippen molar-refractivity contribution < 1.29 is 28.2 Å². The first-order valence-electron chi connectivity index (χ1n) is 10.3. The first-order chi connectivity index (χ1) is 16.8. The van der Waals surface area contributed by atoms with Crippen LogP contribution in [0.2, 0.25) is 0 Å². The van der Waals surface area contributed by atoms with Gasteiger partial charge in [0.25, 0.3) is 17.7 Å². The highest BCUT2D eigenvalue weighted by atomic mass is 35.5. The van der Waals surface area contributed by atoms with Crippen LogP contribution in [0.1, 0.15) is 10.4 Å². The number of carbonyl (C=O) groups excluding carboxylic acids is 3. The van der Waals surface area contributed by atoms with Crippen LogP contribution >= 0.6 is 11.6 Å². The van der Waals surface area contributed by atoms with E-state index < -0.39 is 28.6 Å². The summed E-state index contributed by atoms with van der Waals surface area (Å²) in [4.78, 5) is 39.0. The lowest BCUT2D eigenvalue weighted by Crippen LogP contribution is -2.33. The van der Waals surface area contributed by atoms with Gasteiger partial charge in [-0.1, -0.05) is 29.8 Å². The summed E-state index contributed by atoms with van der Waals surface area (Å²) in [7, 11) is 2.98. The molecule has 0 radical (unpaired) electrons. The van der Waals surface area contributed by atoms with Gasteiger partial charge in [-0.2, -0.15) is 0 Å². The van der Waals surface area contributed by atoms with E-state index in [9.17, 15) is 18.8 Å². The average Bonchev–Trinajstić information content (AvgIpc) is 3.07. The van der Waals surface area contributed by atoms with E-state index in [1.165, 1.54) is 38.5 Å². The van der Waals surface area contributed by atoms with Crippen molar-refractivity contribution in [1.82, 2.24) is 0 Å². The lowest BCUT2D eigenvalue weighted by atomic mass is 10.1. The van der Waals surface area contributed by atoms with Gasteiger partial charge in [0, 0.05) is 17.3 Å².